The summed E-state index contributed by atoms with van der Waals surface area (Å²) in [7, 11) is 0. The molecule has 0 saturated carbocycles. The maximum absolute atomic E-state index is 4.75. The van der Waals surface area contributed by atoms with Crippen LogP contribution < -0.4 is 0 Å². The molecule has 10 rings (SSSR count). The number of benzene rings is 6. The molecule has 0 atom stereocenters. The van der Waals surface area contributed by atoms with E-state index in [1.165, 1.54) is 76.0 Å². The molecule has 0 spiro atoms. The van der Waals surface area contributed by atoms with Crippen LogP contribution >= 0.6 is 11.3 Å². The van der Waals surface area contributed by atoms with Gasteiger partial charge in [0.25, 0.3) is 0 Å². The number of thiophene rings is 1. The molecule has 241 valence electrons. The molecule has 2 nitrogen and oxygen atoms in total. The van der Waals surface area contributed by atoms with Gasteiger partial charge in [0.1, 0.15) is 0 Å². The maximum atomic E-state index is 4.75. The molecule has 3 heterocycles. The van der Waals surface area contributed by atoms with Gasteiger partial charge in [-0.15, -0.1) is 41.2 Å². The zero-order chi connectivity index (χ0) is 32.7. The van der Waals surface area contributed by atoms with Gasteiger partial charge in [-0.25, -0.2) is 0 Å². The van der Waals surface area contributed by atoms with Crippen LogP contribution in [0.1, 0.15) is 25.0 Å². The molecule has 0 bridgehead atoms. The molecular formula is C46H31IrN2S-. The number of para-hydroxylation sites is 1. The molecule has 1 aliphatic carbocycles. The number of hydrogen-bond acceptors (Lipinski definition) is 2. The Morgan fingerprint density at radius 3 is 2.20 bits per heavy atom. The van der Waals surface area contributed by atoms with Crippen molar-refractivity contribution in [3.63, 3.8) is 0 Å². The molecule has 0 N–H and O–H groups in total. The van der Waals surface area contributed by atoms with E-state index >= 15 is 0 Å². The van der Waals surface area contributed by atoms with Gasteiger partial charge in [0.2, 0.25) is 0 Å². The van der Waals surface area contributed by atoms with Crippen LogP contribution in [-0.4, -0.2) is 9.55 Å². The molecule has 0 aliphatic heterocycles. The summed E-state index contributed by atoms with van der Waals surface area (Å²) < 4.78 is 2.44. The van der Waals surface area contributed by atoms with Crippen LogP contribution in [0.2, 0.25) is 0 Å². The van der Waals surface area contributed by atoms with Crippen LogP contribution in [0.5, 0.6) is 0 Å². The summed E-state index contributed by atoms with van der Waals surface area (Å²) in [6.07, 6.45) is 1.89. The zero-order valence-corrected chi connectivity index (χ0v) is 30.8. The monoisotopic (exact) mass is 836 g/mol. The van der Waals surface area contributed by atoms with Crippen LogP contribution in [0, 0.1) is 6.07 Å². The first kappa shape index (κ1) is 30.9. The van der Waals surface area contributed by atoms with Gasteiger partial charge in [0.05, 0.1) is 11.0 Å². The van der Waals surface area contributed by atoms with Crippen LogP contribution in [0.4, 0.5) is 0 Å². The minimum Gasteiger partial charge on any atom is -0.309 e. The van der Waals surface area contributed by atoms with E-state index in [-0.39, 0.29) is 25.5 Å². The van der Waals surface area contributed by atoms with Crippen molar-refractivity contribution < 1.29 is 20.1 Å². The average Bonchev–Trinajstić information content (AvgIpc) is 3.83. The Bertz CT molecular complexity index is 2750. The fourth-order valence-electron chi connectivity index (χ4n) is 7.96. The maximum Gasteiger partial charge on any atom is 0.0544 e. The molecule has 6 aromatic carbocycles. The van der Waals surface area contributed by atoms with Crippen molar-refractivity contribution in [2.45, 2.75) is 19.3 Å². The van der Waals surface area contributed by atoms with E-state index in [0.29, 0.717) is 0 Å². The van der Waals surface area contributed by atoms with Gasteiger partial charge >= 0.3 is 0 Å². The molecule has 50 heavy (non-hydrogen) atoms. The van der Waals surface area contributed by atoms with Crippen molar-refractivity contribution in [3.05, 3.63) is 169 Å². The van der Waals surface area contributed by atoms with Crippen LogP contribution in [0.25, 0.3) is 81.5 Å². The molecule has 0 unspecified atom stereocenters. The number of aromatic nitrogens is 2. The second-order valence-electron chi connectivity index (χ2n) is 13.5. The summed E-state index contributed by atoms with van der Waals surface area (Å²) in [5.74, 6) is 0. The molecule has 4 heteroatoms. The van der Waals surface area contributed by atoms with Gasteiger partial charge in [-0.2, -0.15) is 0 Å². The summed E-state index contributed by atoms with van der Waals surface area (Å²) in [4.78, 5) is 7.24. The van der Waals surface area contributed by atoms with Crippen molar-refractivity contribution in [3.8, 4) is 49.0 Å². The van der Waals surface area contributed by atoms with Gasteiger partial charge in [-0.1, -0.05) is 92.2 Å². The zero-order valence-electron chi connectivity index (χ0n) is 27.6. The van der Waals surface area contributed by atoms with E-state index in [2.05, 4.69) is 164 Å². The quantitative estimate of drug-likeness (QED) is 0.162. The largest absolute Gasteiger partial charge is 0.309 e. The van der Waals surface area contributed by atoms with Gasteiger partial charge in [0.15, 0.2) is 0 Å². The van der Waals surface area contributed by atoms with Gasteiger partial charge in [-0.05, 0) is 98.9 Å². The van der Waals surface area contributed by atoms with Crippen LogP contribution in [0.3, 0.4) is 0 Å². The average molecular weight is 836 g/mol. The predicted molar refractivity (Wildman–Crippen MR) is 207 cm³/mol. The van der Waals surface area contributed by atoms with Crippen molar-refractivity contribution in [2.75, 3.05) is 0 Å². The summed E-state index contributed by atoms with van der Waals surface area (Å²) in [5.41, 5.74) is 13.5. The summed E-state index contributed by atoms with van der Waals surface area (Å²) in [6, 6.07) is 56.4. The minimum absolute atomic E-state index is 0. The first-order chi connectivity index (χ1) is 24.0. The second kappa shape index (κ2) is 11.7. The van der Waals surface area contributed by atoms with E-state index in [4.69, 9.17) is 4.98 Å². The Morgan fingerprint density at radius 2 is 1.34 bits per heavy atom. The first-order valence-electron chi connectivity index (χ1n) is 16.8. The van der Waals surface area contributed by atoms with E-state index in [1.807, 2.05) is 23.6 Å². The molecular weight excluding hydrogens is 805 g/mol. The number of nitrogens with zero attached hydrogens (tertiary/aromatic N) is 2. The molecule has 0 saturated heterocycles. The third-order valence-corrected chi connectivity index (χ3v) is 11.6. The topological polar surface area (TPSA) is 17.8 Å². The Labute approximate surface area is 309 Å². The van der Waals surface area contributed by atoms with E-state index in [9.17, 15) is 0 Å². The Hall–Kier alpha value is -5.12. The second-order valence-corrected chi connectivity index (χ2v) is 14.6. The molecule has 0 amide bonds. The Balaban J connectivity index is 0.00000336. The fraction of sp³-hybridized carbons (Fsp3) is 0.0652. The van der Waals surface area contributed by atoms with Gasteiger partial charge in [0, 0.05) is 57.9 Å². The van der Waals surface area contributed by atoms with Crippen molar-refractivity contribution >= 4 is 43.9 Å². The summed E-state index contributed by atoms with van der Waals surface area (Å²) in [5, 5.41) is 4.89. The minimum atomic E-state index is -0.0602. The summed E-state index contributed by atoms with van der Waals surface area (Å²) >= 11 is 1.83. The number of hydrogen-bond donors (Lipinski definition) is 0. The van der Waals surface area contributed by atoms with Crippen molar-refractivity contribution in [1.29, 1.82) is 0 Å². The van der Waals surface area contributed by atoms with Crippen molar-refractivity contribution in [2.24, 2.45) is 0 Å². The van der Waals surface area contributed by atoms with Crippen LogP contribution in [0.15, 0.2) is 152 Å². The third-order valence-electron chi connectivity index (χ3n) is 10.4. The molecule has 3 aromatic heterocycles. The Kier molecular flexibility index (Phi) is 7.26. The van der Waals surface area contributed by atoms with Gasteiger partial charge in [-0.3, -0.25) is 0 Å². The smallest absolute Gasteiger partial charge is 0.0544 e. The van der Waals surface area contributed by atoms with Crippen molar-refractivity contribution in [1.82, 2.24) is 9.55 Å². The molecule has 1 aliphatic rings. The number of rotatable bonds is 4. The predicted octanol–water partition coefficient (Wildman–Crippen LogP) is 12.5. The molecule has 1 radical (unpaired) electrons. The normalized spacial score (nSPS) is 13.0. The fourth-order valence-corrected chi connectivity index (χ4v) is 8.96. The van der Waals surface area contributed by atoms with E-state index in [0.717, 1.165) is 16.6 Å². The Morgan fingerprint density at radius 1 is 0.600 bits per heavy atom. The standard InChI is InChI=1S/C46H31N2S.Ir/c1-46(2)39-18-9-8-17-35(39)36-27-38-37-26-31(19-20-41(37)48(42(38)28-40(36)46)33-14-4-3-5-15-33)44-22-21-43(49-44)30-12-10-13-32(25-30)45-34-16-7-6-11-29(34)23-24-47-45;/h3-12,14-28H,1-2H3;/q-1;. The van der Waals surface area contributed by atoms with Gasteiger partial charge < -0.3 is 9.55 Å². The molecule has 9 aromatic rings. The van der Waals surface area contributed by atoms with Crippen LogP contribution in [-0.2, 0) is 25.5 Å². The summed E-state index contributed by atoms with van der Waals surface area (Å²) in [6.45, 7) is 4.72. The third kappa shape index (κ3) is 4.67. The molecule has 0 fully saturated rings. The first-order valence-corrected chi connectivity index (χ1v) is 17.6. The van der Waals surface area contributed by atoms with E-state index in [1.54, 1.807) is 0 Å². The SMILES string of the molecule is CC1(C)c2ccccc2-c2cc3c4cc(-c5ccc(-c6cc[c-]c(-c7nccc8ccccc78)c6)s5)ccc4n(-c4ccccc4)c3cc21.[Ir]. The van der Waals surface area contributed by atoms with E-state index < -0.39 is 0 Å². The number of fused-ring (bicyclic) bond motifs is 7. The number of pyridine rings is 1.